The molecule has 3 atom stereocenters. The summed E-state index contributed by atoms with van der Waals surface area (Å²) in [6.07, 6.45) is 6.69. The Balaban J connectivity index is 2.77. The van der Waals surface area contributed by atoms with Crippen LogP contribution >= 0.6 is 0 Å². The van der Waals surface area contributed by atoms with E-state index in [1.165, 1.54) is 23.0 Å². The van der Waals surface area contributed by atoms with Crippen LogP contribution in [0.3, 0.4) is 0 Å². The summed E-state index contributed by atoms with van der Waals surface area (Å²) in [7, 11) is 0. The minimum atomic E-state index is -2.06. The van der Waals surface area contributed by atoms with Gasteiger partial charge >= 0.3 is 119 Å². The minimum absolute atomic E-state index is 0.468. The third-order valence-corrected chi connectivity index (χ3v) is 9.62. The predicted molar refractivity (Wildman–Crippen MR) is 83.3 cm³/mol. The van der Waals surface area contributed by atoms with E-state index in [2.05, 4.69) is 48.6 Å². The van der Waals surface area contributed by atoms with E-state index in [1.54, 1.807) is 0 Å². The van der Waals surface area contributed by atoms with Crippen molar-refractivity contribution in [1.82, 2.24) is 0 Å². The average molecular weight is 359 g/mol. The Kier molecular flexibility index (Phi) is 6.08. The third kappa shape index (κ3) is 4.47. The monoisotopic (exact) mass is 360 g/mol. The average Bonchev–Trinajstić information content (AvgIpc) is 2.23. The molecule has 0 amide bonds. The van der Waals surface area contributed by atoms with Crippen LogP contribution in [0.2, 0.25) is 14.8 Å². The molecular formula is C16H32OSn. The van der Waals surface area contributed by atoms with Gasteiger partial charge in [-0.3, -0.25) is 0 Å². The number of hydrogen-bond donors (Lipinski definition) is 0. The molecule has 0 unspecified atom stereocenters. The molecule has 0 aromatic carbocycles. The quantitative estimate of drug-likeness (QED) is 0.492. The number of allylic oxidation sites excluding steroid dienone is 1. The van der Waals surface area contributed by atoms with Crippen LogP contribution in [-0.4, -0.2) is 24.5 Å². The Bertz CT molecular complexity index is 288. The molecule has 0 heterocycles. The number of ether oxygens (including phenoxy) is 1. The molecule has 1 aliphatic rings. The fourth-order valence-corrected chi connectivity index (χ4v) is 7.00. The summed E-state index contributed by atoms with van der Waals surface area (Å²) in [5.41, 5.74) is 0. The molecule has 0 aliphatic heterocycles. The zero-order chi connectivity index (χ0) is 13.9. The zero-order valence-corrected chi connectivity index (χ0v) is 16.3. The van der Waals surface area contributed by atoms with Crippen molar-refractivity contribution in [3.63, 3.8) is 0 Å². The number of hydrogen-bond acceptors (Lipinski definition) is 1. The topological polar surface area (TPSA) is 9.23 Å². The van der Waals surface area contributed by atoms with Crippen LogP contribution < -0.4 is 0 Å². The van der Waals surface area contributed by atoms with Gasteiger partial charge in [0.2, 0.25) is 0 Å². The van der Waals surface area contributed by atoms with Crippen molar-refractivity contribution in [1.29, 1.82) is 0 Å². The van der Waals surface area contributed by atoms with Gasteiger partial charge < -0.3 is 0 Å². The first-order chi connectivity index (χ1) is 8.25. The Morgan fingerprint density at radius 2 is 1.83 bits per heavy atom. The van der Waals surface area contributed by atoms with Crippen molar-refractivity contribution < 1.29 is 4.74 Å². The van der Waals surface area contributed by atoms with E-state index < -0.39 is 18.4 Å². The molecule has 0 aromatic heterocycles. The Morgan fingerprint density at radius 1 is 1.22 bits per heavy atom. The van der Waals surface area contributed by atoms with Crippen LogP contribution in [-0.2, 0) is 4.74 Å². The molecule has 106 valence electrons. The van der Waals surface area contributed by atoms with Gasteiger partial charge in [-0.15, -0.1) is 0 Å². The van der Waals surface area contributed by atoms with E-state index in [1.807, 2.05) is 0 Å². The molecule has 0 radical (unpaired) electrons. The van der Waals surface area contributed by atoms with E-state index in [4.69, 9.17) is 4.74 Å². The molecule has 1 nitrogen and oxygen atoms in total. The molecule has 0 N–H and O–H groups in total. The van der Waals surface area contributed by atoms with Crippen LogP contribution in [0.5, 0.6) is 0 Å². The van der Waals surface area contributed by atoms with Crippen molar-refractivity contribution in [2.45, 2.75) is 67.9 Å². The Labute approximate surface area is 118 Å². The molecule has 0 spiro atoms. The van der Waals surface area contributed by atoms with Gasteiger partial charge in [-0.2, -0.15) is 0 Å². The fraction of sp³-hybridized carbons (Fsp3) is 0.875. The second kappa shape index (κ2) is 6.67. The summed E-state index contributed by atoms with van der Waals surface area (Å²) < 4.78 is 7.87. The molecule has 0 aromatic rings. The first-order valence-corrected chi connectivity index (χ1v) is 17.6. The summed E-state index contributed by atoms with van der Waals surface area (Å²) in [6, 6.07) is 0. The molecule has 2 heteroatoms. The summed E-state index contributed by atoms with van der Waals surface area (Å²) in [5, 5.41) is 0. The molecule has 0 bridgehead atoms. The first kappa shape index (κ1) is 16.4. The first-order valence-electron chi connectivity index (χ1n) is 7.59. The summed E-state index contributed by atoms with van der Waals surface area (Å²) in [5.74, 6) is 2.33. The van der Waals surface area contributed by atoms with Crippen LogP contribution in [0, 0.1) is 17.8 Å². The van der Waals surface area contributed by atoms with E-state index in [0.29, 0.717) is 6.10 Å². The summed E-state index contributed by atoms with van der Waals surface area (Å²) >= 11 is -2.06. The molecular weight excluding hydrogens is 327 g/mol. The third-order valence-electron chi connectivity index (χ3n) is 4.24. The van der Waals surface area contributed by atoms with Crippen molar-refractivity contribution >= 4 is 18.4 Å². The second-order valence-corrected chi connectivity index (χ2v) is 21.6. The maximum absolute atomic E-state index is 6.50. The van der Waals surface area contributed by atoms with Gasteiger partial charge in [0.05, 0.1) is 0 Å². The van der Waals surface area contributed by atoms with E-state index in [9.17, 15) is 0 Å². The molecule has 18 heavy (non-hydrogen) atoms. The van der Waals surface area contributed by atoms with Gasteiger partial charge in [0.1, 0.15) is 0 Å². The maximum atomic E-state index is 6.50. The van der Waals surface area contributed by atoms with Gasteiger partial charge in [-0.25, -0.2) is 0 Å². The molecule has 0 saturated heterocycles. The number of rotatable bonds is 4. The SMILES string of the molecule is C/C=[C](\O[C@@H]1C[C@H](C)CC[C@H]1C(C)C)[Sn]([CH3])([CH3])[CH3]. The van der Waals surface area contributed by atoms with Gasteiger partial charge in [-0.1, -0.05) is 0 Å². The van der Waals surface area contributed by atoms with Crippen molar-refractivity contribution in [2.75, 3.05) is 0 Å². The summed E-state index contributed by atoms with van der Waals surface area (Å²) in [4.78, 5) is 7.34. The van der Waals surface area contributed by atoms with Gasteiger partial charge in [0, 0.05) is 0 Å². The summed E-state index contributed by atoms with van der Waals surface area (Å²) in [6.45, 7) is 9.23. The predicted octanol–water partition coefficient (Wildman–Crippen LogP) is 5.25. The Morgan fingerprint density at radius 3 is 2.28 bits per heavy atom. The van der Waals surface area contributed by atoms with Gasteiger partial charge in [-0.05, 0) is 0 Å². The normalized spacial score (nSPS) is 30.7. The van der Waals surface area contributed by atoms with Crippen LogP contribution in [0.1, 0.15) is 47.0 Å². The van der Waals surface area contributed by atoms with Gasteiger partial charge in [0.15, 0.2) is 0 Å². The molecule has 1 rings (SSSR count). The molecule has 1 aliphatic carbocycles. The van der Waals surface area contributed by atoms with Crippen LogP contribution in [0.4, 0.5) is 0 Å². The van der Waals surface area contributed by atoms with E-state index in [-0.39, 0.29) is 0 Å². The van der Waals surface area contributed by atoms with Crippen LogP contribution in [0.25, 0.3) is 0 Å². The van der Waals surface area contributed by atoms with Crippen molar-refractivity contribution in [3.05, 3.63) is 9.85 Å². The van der Waals surface area contributed by atoms with Crippen LogP contribution in [0.15, 0.2) is 9.85 Å². The second-order valence-electron chi connectivity index (χ2n) is 7.39. The van der Waals surface area contributed by atoms with Gasteiger partial charge in [0.25, 0.3) is 0 Å². The van der Waals surface area contributed by atoms with E-state index >= 15 is 0 Å². The van der Waals surface area contributed by atoms with Crippen molar-refractivity contribution in [2.24, 2.45) is 17.8 Å². The zero-order valence-electron chi connectivity index (χ0n) is 13.4. The fourth-order valence-electron chi connectivity index (χ4n) is 3.09. The van der Waals surface area contributed by atoms with Crippen molar-refractivity contribution in [3.8, 4) is 0 Å². The standard InChI is InChI=1S/C13H23O.3CH3.Sn/c1-5-8-14-13-9-11(4)6-7-12(13)10(2)3;;;;/h5,10-13H,6-7,9H2,1-4H3;3*1H3;/t11-,12+,13-;;;;/m1..../s1. The van der Waals surface area contributed by atoms with E-state index in [0.717, 1.165) is 17.8 Å². The molecule has 1 fully saturated rings. The Hall–Kier alpha value is 0.339. The molecule has 1 saturated carbocycles.